The molecule has 14 heavy (non-hydrogen) atoms. The highest BCUT2D eigenvalue weighted by atomic mass is 35.5. The minimum absolute atomic E-state index is 0.0586. The molecule has 1 N–H and O–H groups in total. The number of Topliss-reactive ketones (excluding diaryl/α,β-unsaturated/α-hetero) is 1. The van der Waals surface area contributed by atoms with E-state index in [1.165, 1.54) is 0 Å². The second kappa shape index (κ2) is 4.98. The summed E-state index contributed by atoms with van der Waals surface area (Å²) in [5.41, 5.74) is 0.430. The smallest absolute Gasteiger partial charge is 0.199 e. The van der Waals surface area contributed by atoms with Gasteiger partial charge in [-0.15, -0.1) is 11.6 Å². The van der Waals surface area contributed by atoms with Crippen molar-refractivity contribution in [2.24, 2.45) is 5.16 Å². The van der Waals surface area contributed by atoms with Gasteiger partial charge in [-0.25, -0.2) is 0 Å². The lowest BCUT2D eigenvalue weighted by atomic mass is 10.1. The second-order valence-electron chi connectivity index (χ2n) is 2.51. The predicted molar refractivity (Wildman–Crippen MR) is 55.5 cm³/mol. The fraction of sp³-hybridized carbons (Fsp3) is 0.111. The Morgan fingerprint density at radius 1 is 1.36 bits per heavy atom. The maximum atomic E-state index is 11.2. The van der Waals surface area contributed by atoms with Gasteiger partial charge in [-0.2, -0.15) is 0 Å². The summed E-state index contributed by atoms with van der Waals surface area (Å²) in [5.74, 6) is -0.654. The summed E-state index contributed by atoms with van der Waals surface area (Å²) in [4.78, 5) is 11.2. The minimum atomic E-state index is -0.434. The van der Waals surface area contributed by atoms with Crippen LogP contribution in [0.15, 0.2) is 29.4 Å². The van der Waals surface area contributed by atoms with Gasteiger partial charge >= 0.3 is 0 Å². The molecule has 0 aliphatic rings. The third-order valence-electron chi connectivity index (χ3n) is 1.60. The molecular formula is C9H7Cl2NO2. The lowest BCUT2D eigenvalue weighted by Gasteiger charge is -2.00. The number of oxime groups is 1. The van der Waals surface area contributed by atoms with E-state index in [9.17, 15) is 4.79 Å². The molecule has 0 unspecified atom stereocenters. The molecule has 0 heterocycles. The SMILES string of the molecule is O=C(CCl)/C(=N\O)c1ccc(Cl)cc1. The first-order chi connectivity index (χ1) is 6.69. The third-order valence-corrected chi connectivity index (χ3v) is 2.10. The predicted octanol–water partition coefficient (Wildman–Crippen LogP) is 2.33. The zero-order chi connectivity index (χ0) is 10.6. The van der Waals surface area contributed by atoms with Crippen molar-refractivity contribution in [1.82, 2.24) is 0 Å². The van der Waals surface area contributed by atoms with E-state index in [0.29, 0.717) is 10.6 Å². The van der Waals surface area contributed by atoms with Crippen LogP contribution in [0.5, 0.6) is 0 Å². The first-order valence-electron chi connectivity index (χ1n) is 3.76. The van der Waals surface area contributed by atoms with E-state index in [1.807, 2.05) is 0 Å². The Morgan fingerprint density at radius 3 is 2.36 bits per heavy atom. The summed E-state index contributed by atoms with van der Waals surface area (Å²) in [7, 11) is 0. The van der Waals surface area contributed by atoms with Gasteiger partial charge in [0.05, 0.1) is 5.88 Å². The van der Waals surface area contributed by atoms with E-state index < -0.39 is 5.78 Å². The molecule has 3 nitrogen and oxygen atoms in total. The van der Waals surface area contributed by atoms with Crippen LogP contribution < -0.4 is 0 Å². The van der Waals surface area contributed by atoms with Crippen molar-refractivity contribution in [2.45, 2.75) is 0 Å². The molecule has 74 valence electrons. The van der Waals surface area contributed by atoms with E-state index in [-0.39, 0.29) is 11.6 Å². The molecular weight excluding hydrogens is 225 g/mol. The molecule has 0 saturated carbocycles. The van der Waals surface area contributed by atoms with Crippen molar-refractivity contribution in [1.29, 1.82) is 0 Å². The van der Waals surface area contributed by atoms with Gasteiger partial charge in [0.2, 0.25) is 0 Å². The Kier molecular flexibility index (Phi) is 3.92. The van der Waals surface area contributed by atoms with Crippen molar-refractivity contribution in [2.75, 3.05) is 5.88 Å². The van der Waals surface area contributed by atoms with Gasteiger partial charge in [-0.1, -0.05) is 28.9 Å². The van der Waals surface area contributed by atoms with Gasteiger partial charge < -0.3 is 5.21 Å². The Morgan fingerprint density at radius 2 is 1.93 bits per heavy atom. The van der Waals surface area contributed by atoms with Crippen molar-refractivity contribution < 1.29 is 10.0 Å². The van der Waals surface area contributed by atoms with Crippen molar-refractivity contribution in [3.05, 3.63) is 34.9 Å². The van der Waals surface area contributed by atoms with Gasteiger partial charge in [0.25, 0.3) is 0 Å². The number of hydrogen-bond acceptors (Lipinski definition) is 3. The minimum Gasteiger partial charge on any atom is -0.410 e. The van der Waals surface area contributed by atoms with Gasteiger partial charge in [0.1, 0.15) is 0 Å². The van der Waals surface area contributed by atoms with Crippen LogP contribution in [0.3, 0.4) is 0 Å². The van der Waals surface area contributed by atoms with E-state index in [0.717, 1.165) is 0 Å². The lowest BCUT2D eigenvalue weighted by Crippen LogP contribution is -2.16. The highest BCUT2D eigenvalue weighted by molar-refractivity contribution is 6.53. The first kappa shape index (κ1) is 11.0. The number of alkyl halides is 1. The van der Waals surface area contributed by atoms with E-state index in [2.05, 4.69) is 5.16 Å². The average Bonchev–Trinajstić information content (AvgIpc) is 2.21. The van der Waals surface area contributed by atoms with Crippen LogP contribution in [0, 0.1) is 0 Å². The molecule has 0 radical (unpaired) electrons. The zero-order valence-corrected chi connectivity index (χ0v) is 8.59. The Labute approximate surface area is 90.9 Å². The van der Waals surface area contributed by atoms with E-state index >= 15 is 0 Å². The summed E-state index contributed by atoms with van der Waals surface area (Å²) in [6, 6.07) is 6.37. The van der Waals surface area contributed by atoms with Gasteiger partial charge in [0.15, 0.2) is 11.5 Å². The summed E-state index contributed by atoms with van der Waals surface area (Å²) in [5, 5.41) is 12.1. The van der Waals surface area contributed by atoms with Crippen LogP contribution in [0.4, 0.5) is 0 Å². The Bertz CT molecular complexity index is 360. The summed E-state index contributed by atoms with van der Waals surface area (Å²) in [6.45, 7) is 0. The molecule has 0 spiro atoms. The van der Waals surface area contributed by atoms with Crippen molar-refractivity contribution in [3.63, 3.8) is 0 Å². The highest BCUT2D eigenvalue weighted by Crippen LogP contribution is 2.11. The number of carbonyl (C=O) groups excluding carboxylic acids is 1. The molecule has 0 atom stereocenters. The molecule has 5 heteroatoms. The van der Waals surface area contributed by atoms with Crippen LogP contribution in [-0.4, -0.2) is 22.6 Å². The molecule has 0 amide bonds. The van der Waals surface area contributed by atoms with Crippen molar-refractivity contribution in [3.8, 4) is 0 Å². The van der Waals surface area contributed by atoms with Crippen LogP contribution >= 0.6 is 23.2 Å². The highest BCUT2D eigenvalue weighted by Gasteiger charge is 2.12. The second-order valence-corrected chi connectivity index (χ2v) is 3.22. The molecule has 0 aliphatic carbocycles. The Hall–Kier alpha value is -1.06. The molecule has 0 saturated heterocycles. The van der Waals surface area contributed by atoms with Crippen LogP contribution in [0.2, 0.25) is 5.02 Å². The van der Waals surface area contributed by atoms with Crippen LogP contribution in [-0.2, 0) is 4.79 Å². The number of nitrogens with zero attached hydrogens (tertiary/aromatic N) is 1. The lowest BCUT2D eigenvalue weighted by molar-refractivity contribution is -0.110. The molecule has 0 bridgehead atoms. The number of hydrogen-bond donors (Lipinski definition) is 1. The summed E-state index contributed by atoms with van der Waals surface area (Å²) < 4.78 is 0. The van der Waals surface area contributed by atoms with Gasteiger partial charge in [0, 0.05) is 10.6 Å². The van der Waals surface area contributed by atoms with Gasteiger partial charge in [-0.05, 0) is 12.1 Å². The fourth-order valence-corrected chi connectivity index (χ4v) is 1.20. The zero-order valence-electron chi connectivity index (χ0n) is 7.08. The third kappa shape index (κ3) is 2.47. The number of carbonyl (C=O) groups is 1. The van der Waals surface area contributed by atoms with E-state index in [1.54, 1.807) is 24.3 Å². The largest absolute Gasteiger partial charge is 0.410 e. The topological polar surface area (TPSA) is 49.7 Å². The number of halogens is 2. The number of benzene rings is 1. The van der Waals surface area contributed by atoms with Crippen LogP contribution in [0.25, 0.3) is 0 Å². The molecule has 1 aromatic carbocycles. The maximum Gasteiger partial charge on any atom is 0.199 e. The van der Waals surface area contributed by atoms with Crippen LogP contribution in [0.1, 0.15) is 5.56 Å². The Balaban J connectivity index is 3.03. The monoisotopic (exact) mass is 231 g/mol. The standard InChI is InChI=1S/C9H7Cl2NO2/c10-5-8(13)9(12-14)6-1-3-7(11)4-2-6/h1-4,14H,5H2/b12-9-. The summed E-state index contributed by atoms with van der Waals surface area (Å²) >= 11 is 11.0. The molecule has 1 aromatic rings. The van der Waals surface area contributed by atoms with Gasteiger partial charge in [-0.3, -0.25) is 4.79 Å². The quantitative estimate of drug-likeness (QED) is 0.376. The molecule has 0 aliphatic heterocycles. The first-order valence-corrected chi connectivity index (χ1v) is 4.67. The molecule has 0 aromatic heterocycles. The van der Waals surface area contributed by atoms with E-state index in [4.69, 9.17) is 28.4 Å². The molecule has 0 fully saturated rings. The fourth-order valence-electron chi connectivity index (χ4n) is 0.946. The maximum absolute atomic E-state index is 11.2. The molecule has 1 rings (SSSR count). The normalized spacial score (nSPS) is 11.4. The number of ketones is 1. The number of rotatable bonds is 3. The van der Waals surface area contributed by atoms with Crippen molar-refractivity contribution >= 4 is 34.7 Å². The average molecular weight is 232 g/mol. The summed E-state index contributed by atoms with van der Waals surface area (Å²) in [6.07, 6.45) is 0.